The number of aliphatic hydroxyl groups is 3. The van der Waals surface area contributed by atoms with Gasteiger partial charge >= 0.3 is 0 Å². The van der Waals surface area contributed by atoms with E-state index < -0.39 is 0 Å². The van der Waals surface area contributed by atoms with Crippen LogP contribution in [0.1, 0.15) is 71.6 Å². The van der Waals surface area contributed by atoms with E-state index in [0.29, 0.717) is 23.7 Å². The van der Waals surface area contributed by atoms with Gasteiger partial charge in [0, 0.05) is 6.61 Å². The Morgan fingerprint density at radius 1 is 0.958 bits per heavy atom. The molecular formula is C21H36O3. The van der Waals surface area contributed by atoms with Crippen LogP contribution in [-0.2, 0) is 0 Å². The Morgan fingerprint density at radius 3 is 2.50 bits per heavy atom. The topological polar surface area (TPSA) is 60.7 Å². The number of hydrogen-bond donors (Lipinski definition) is 3. The lowest BCUT2D eigenvalue weighted by molar-refractivity contribution is -0.178. The quantitative estimate of drug-likeness (QED) is 0.724. The highest BCUT2D eigenvalue weighted by molar-refractivity contribution is 5.11. The molecule has 138 valence electrons. The van der Waals surface area contributed by atoms with Gasteiger partial charge in [-0.3, -0.25) is 0 Å². The maximum absolute atomic E-state index is 11.2. The van der Waals surface area contributed by atoms with Gasteiger partial charge in [-0.05, 0) is 98.2 Å². The zero-order valence-corrected chi connectivity index (χ0v) is 15.5. The third-order valence-electron chi connectivity index (χ3n) is 9.24. The van der Waals surface area contributed by atoms with Crippen LogP contribution < -0.4 is 0 Å². The molecule has 9 atom stereocenters. The van der Waals surface area contributed by atoms with Crippen LogP contribution in [0.5, 0.6) is 0 Å². The minimum absolute atomic E-state index is 0.119. The van der Waals surface area contributed by atoms with Crippen molar-refractivity contribution in [2.75, 3.05) is 6.61 Å². The summed E-state index contributed by atoms with van der Waals surface area (Å²) in [5.41, 5.74) is 0.443. The molecule has 3 N–H and O–H groups in total. The summed E-state index contributed by atoms with van der Waals surface area (Å²) in [5, 5.41) is 30.8. The van der Waals surface area contributed by atoms with E-state index in [4.69, 9.17) is 0 Å². The molecule has 0 heterocycles. The minimum Gasteiger partial charge on any atom is -0.396 e. The van der Waals surface area contributed by atoms with E-state index in [1.807, 2.05) is 0 Å². The van der Waals surface area contributed by atoms with Crippen LogP contribution in [0.2, 0.25) is 0 Å². The first-order chi connectivity index (χ1) is 11.4. The molecule has 3 heteroatoms. The fourth-order valence-corrected chi connectivity index (χ4v) is 8.09. The summed E-state index contributed by atoms with van der Waals surface area (Å²) < 4.78 is 0. The molecule has 4 rings (SSSR count). The second-order valence-corrected chi connectivity index (χ2v) is 10.1. The van der Waals surface area contributed by atoms with Crippen LogP contribution in [0.4, 0.5) is 0 Å². The Balaban J connectivity index is 1.63. The Morgan fingerprint density at radius 2 is 1.75 bits per heavy atom. The lowest BCUT2D eigenvalue weighted by Gasteiger charge is -2.62. The van der Waals surface area contributed by atoms with Crippen molar-refractivity contribution < 1.29 is 15.3 Å². The minimum atomic E-state index is -0.196. The molecule has 0 radical (unpaired) electrons. The Hall–Kier alpha value is -0.120. The maximum Gasteiger partial charge on any atom is 0.0581 e. The Kier molecular flexibility index (Phi) is 4.29. The van der Waals surface area contributed by atoms with E-state index in [9.17, 15) is 15.3 Å². The van der Waals surface area contributed by atoms with Gasteiger partial charge in [-0.15, -0.1) is 0 Å². The normalized spacial score (nSPS) is 57.1. The van der Waals surface area contributed by atoms with Crippen LogP contribution in [0.15, 0.2) is 0 Å². The lowest BCUT2D eigenvalue weighted by atomic mass is 9.44. The largest absolute Gasteiger partial charge is 0.396 e. The van der Waals surface area contributed by atoms with Crippen LogP contribution in [-0.4, -0.2) is 34.1 Å². The van der Waals surface area contributed by atoms with Gasteiger partial charge in [0.2, 0.25) is 0 Å². The highest BCUT2D eigenvalue weighted by Crippen LogP contribution is 2.67. The first-order valence-corrected chi connectivity index (χ1v) is 10.4. The van der Waals surface area contributed by atoms with Crippen LogP contribution >= 0.6 is 0 Å². The maximum atomic E-state index is 11.2. The van der Waals surface area contributed by atoms with E-state index in [0.717, 1.165) is 38.0 Å². The van der Waals surface area contributed by atoms with Crippen molar-refractivity contribution in [2.45, 2.75) is 83.8 Å². The molecule has 24 heavy (non-hydrogen) atoms. The van der Waals surface area contributed by atoms with Gasteiger partial charge in [0.15, 0.2) is 0 Å². The summed E-state index contributed by atoms with van der Waals surface area (Å²) in [6, 6.07) is 0. The summed E-state index contributed by atoms with van der Waals surface area (Å²) in [6.45, 7) is 5.12. The standard InChI is InChI=1S/C21H36O3/c1-20-9-7-15(23)11-14(20)3-5-16-17-6-4-13(8-10-22)21(17,2)12-18(24)19(16)20/h13-19,22-24H,3-12H2,1-2H3/t13-,14-,15-,16+,17+,18+,19-,20+,21-/m1/s1. The predicted molar refractivity (Wildman–Crippen MR) is 94.3 cm³/mol. The van der Waals surface area contributed by atoms with Crippen molar-refractivity contribution in [1.82, 2.24) is 0 Å². The summed E-state index contributed by atoms with van der Waals surface area (Å²) in [5.74, 6) is 2.98. The summed E-state index contributed by atoms with van der Waals surface area (Å²) >= 11 is 0. The zero-order valence-electron chi connectivity index (χ0n) is 15.5. The predicted octanol–water partition coefficient (Wildman–Crippen LogP) is 3.36. The molecule has 0 unspecified atom stereocenters. The number of hydrogen-bond acceptors (Lipinski definition) is 3. The fourth-order valence-electron chi connectivity index (χ4n) is 8.09. The molecule has 0 aliphatic heterocycles. The molecule has 0 saturated heterocycles. The second kappa shape index (κ2) is 5.96. The van der Waals surface area contributed by atoms with E-state index in [-0.39, 0.29) is 29.6 Å². The van der Waals surface area contributed by atoms with E-state index in [1.54, 1.807) is 0 Å². The van der Waals surface area contributed by atoms with Crippen molar-refractivity contribution in [1.29, 1.82) is 0 Å². The highest BCUT2D eigenvalue weighted by Gasteiger charge is 2.62. The van der Waals surface area contributed by atoms with Crippen LogP contribution in [0, 0.1) is 40.4 Å². The van der Waals surface area contributed by atoms with Gasteiger partial charge < -0.3 is 15.3 Å². The molecule has 0 aromatic heterocycles. The average Bonchev–Trinajstić information content (AvgIpc) is 2.84. The van der Waals surface area contributed by atoms with Gasteiger partial charge in [-0.2, -0.15) is 0 Å². The highest BCUT2D eigenvalue weighted by atomic mass is 16.3. The summed E-state index contributed by atoms with van der Waals surface area (Å²) in [4.78, 5) is 0. The van der Waals surface area contributed by atoms with Crippen molar-refractivity contribution in [3.8, 4) is 0 Å². The van der Waals surface area contributed by atoms with E-state index in [1.165, 1.54) is 25.7 Å². The van der Waals surface area contributed by atoms with Gasteiger partial charge in [-0.25, -0.2) is 0 Å². The molecule has 0 bridgehead atoms. The van der Waals surface area contributed by atoms with Crippen molar-refractivity contribution in [3.63, 3.8) is 0 Å². The first kappa shape index (κ1) is 17.3. The fraction of sp³-hybridized carbons (Fsp3) is 1.00. The molecule has 0 amide bonds. The molecule has 4 saturated carbocycles. The molecule has 4 fully saturated rings. The third kappa shape index (κ3) is 2.34. The molecule has 4 aliphatic rings. The molecular weight excluding hydrogens is 300 g/mol. The monoisotopic (exact) mass is 336 g/mol. The van der Waals surface area contributed by atoms with Crippen LogP contribution in [0.25, 0.3) is 0 Å². The smallest absolute Gasteiger partial charge is 0.0581 e. The summed E-state index contributed by atoms with van der Waals surface area (Å²) in [6.07, 6.45) is 9.45. The SMILES string of the molecule is C[C@]12CC[C@@H](O)C[C@H]1CC[C@@H]1[C@@H]2[C@@H](O)C[C@]2(C)[C@@H](CCO)CC[C@@H]12. The summed E-state index contributed by atoms with van der Waals surface area (Å²) in [7, 11) is 0. The van der Waals surface area contributed by atoms with Crippen LogP contribution in [0.3, 0.4) is 0 Å². The average molecular weight is 337 g/mol. The van der Waals surface area contributed by atoms with Gasteiger partial charge in [-0.1, -0.05) is 13.8 Å². The second-order valence-electron chi connectivity index (χ2n) is 10.1. The lowest BCUT2D eigenvalue weighted by Crippen LogP contribution is -2.59. The van der Waals surface area contributed by atoms with E-state index in [2.05, 4.69) is 13.8 Å². The van der Waals surface area contributed by atoms with Gasteiger partial charge in [0.05, 0.1) is 12.2 Å². The number of fused-ring (bicyclic) bond motifs is 5. The van der Waals surface area contributed by atoms with Gasteiger partial charge in [0.1, 0.15) is 0 Å². The Bertz CT molecular complexity index is 480. The number of rotatable bonds is 2. The molecule has 0 aromatic carbocycles. The first-order valence-electron chi connectivity index (χ1n) is 10.4. The van der Waals surface area contributed by atoms with Gasteiger partial charge in [0.25, 0.3) is 0 Å². The van der Waals surface area contributed by atoms with Crippen molar-refractivity contribution in [3.05, 3.63) is 0 Å². The third-order valence-corrected chi connectivity index (χ3v) is 9.24. The molecule has 0 spiro atoms. The number of aliphatic hydroxyl groups excluding tert-OH is 3. The molecule has 3 nitrogen and oxygen atoms in total. The van der Waals surface area contributed by atoms with Crippen molar-refractivity contribution in [2.24, 2.45) is 40.4 Å². The molecule has 0 aromatic rings. The Labute approximate surface area is 146 Å². The van der Waals surface area contributed by atoms with E-state index >= 15 is 0 Å². The van der Waals surface area contributed by atoms with Crippen molar-refractivity contribution >= 4 is 0 Å². The zero-order chi connectivity index (χ0) is 17.1. The molecule has 4 aliphatic carbocycles.